The maximum Gasteiger partial charge on any atom is 0.255 e. The monoisotopic (exact) mass is 366 g/mol. The lowest BCUT2D eigenvalue weighted by Crippen LogP contribution is -2.11. The van der Waals surface area contributed by atoms with Crippen LogP contribution in [0.5, 0.6) is 0 Å². The Morgan fingerprint density at radius 2 is 1.85 bits per heavy atom. The molecule has 4 aromatic rings. The molecule has 0 saturated carbocycles. The average Bonchev–Trinajstić information content (AvgIpc) is 3.05. The van der Waals surface area contributed by atoms with E-state index < -0.39 is 0 Å². The third-order valence-corrected chi connectivity index (χ3v) is 4.06. The van der Waals surface area contributed by atoms with E-state index in [1.54, 1.807) is 54.6 Å². The normalized spacial score (nSPS) is 10.8. The summed E-state index contributed by atoms with van der Waals surface area (Å²) in [4.78, 5) is 16.7. The van der Waals surface area contributed by atoms with Gasteiger partial charge < -0.3 is 9.73 Å². The number of fused-ring (bicyclic) bond motifs is 1. The molecule has 0 saturated heterocycles. The van der Waals surface area contributed by atoms with E-state index in [0.717, 1.165) is 0 Å². The van der Waals surface area contributed by atoms with Crippen molar-refractivity contribution < 1.29 is 13.6 Å². The van der Waals surface area contributed by atoms with E-state index in [1.807, 2.05) is 0 Å². The lowest BCUT2D eigenvalue weighted by atomic mass is 10.2. The van der Waals surface area contributed by atoms with E-state index in [4.69, 9.17) is 16.0 Å². The molecule has 0 aliphatic heterocycles. The molecule has 0 aliphatic carbocycles. The predicted molar refractivity (Wildman–Crippen MR) is 98.8 cm³/mol. The highest BCUT2D eigenvalue weighted by Gasteiger charge is 2.11. The van der Waals surface area contributed by atoms with Crippen LogP contribution < -0.4 is 5.32 Å². The van der Waals surface area contributed by atoms with E-state index in [9.17, 15) is 9.18 Å². The number of oxazole rings is 1. The maximum absolute atomic E-state index is 13.0. The Balaban J connectivity index is 1.61. The fourth-order valence-corrected chi connectivity index (χ4v) is 2.74. The molecule has 0 fully saturated rings. The topological polar surface area (TPSA) is 55.1 Å². The third-order valence-electron chi connectivity index (χ3n) is 3.82. The van der Waals surface area contributed by atoms with Crippen molar-refractivity contribution in [2.75, 3.05) is 5.32 Å². The average molecular weight is 367 g/mol. The van der Waals surface area contributed by atoms with Gasteiger partial charge in [-0.15, -0.1) is 0 Å². The van der Waals surface area contributed by atoms with Crippen LogP contribution in [-0.2, 0) is 0 Å². The molecule has 0 spiro atoms. The number of aromatic nitrogens is 1. The van der Waals surface area contributed by atoms with Gasteiger partial charge >= 0.3 is 0 Å². The summed E-state index contributed by atoms with van der Waals surface area (Å²) in [5.41, 5.74) is 2.89. The van der Waals surface area contributed by atoms with Crippen molar-refractivity contribution in [1.82, 2.24) is 4.98 Å². The van der Waals surface area contributed by atoms with Crippen molar-refractivity contribution in [2.45, 2.75) is 0 Å². The highest BCUT2D eigenvalue weighted by Crippen LogP contribution is 2.26. The highest BCUT2D eigenvalue weighted by molar-refractivity contribution is 6.31. The van der Waals surface area contributed by atoms with Crippen LogP contribution in [-0.4, -0.2) is 10.9 Å². The van der Waals surface area contributed by atoms with Gasteiger partial charge in [0.25, 0.3) is 5.91 Å². The number of benzene rings is 3. The number of nitrogens with zero attached hydrogens (tertiary/aromatic N) is 1. The molecule has 1 heterocycles. The summed E-state index contributed by atoms with van der Waals surface area (Å²) in [7, 11) is 0. The van der Waals surface area contributed by atoms with E-state index in [1.165, 1.54) is 12.1 Å². The maximum atomic E-state index is 13.0. The number of hydrogen-bond donors (Lipinski definition) is 1. The second-order valence-electron chi connectivity index (χ2n) is 5.67. The molecule has 1 aromatic heterocycles. The lowest BCUT2D eigenvalue weighted by Gasteiger charge is -2.05. The van der Waals surface area contributed by atoms with Crippen molar-refractivity contribution in [3.63, 3.8) is 0 Å². The first-order valence-corrected chi connectivity index (χ1v) is 8.20. The van der Waals surface area contributed by atoms with Crippen LogP contribution in [0.15, 0.2) is 71.1 Å². The van der Waals surface area contributed by atoms with Gasteiger partial charge in [0, 0.05) is 21.8 Å². The quantitative estimate of drug-likeness (QED) is 0.518. The van der Waals surface area contributed by atoms with Crippen LogP contribution in [0.4, 0.5) is 10.1 Å². The number of hydrogen-bond acceptors (Lipinski definition) is 3. The molecule has 3 aromatic carbocycles. The number of carbonyl (C=O) groups excluding carboxylic acids is 1. The summed E-state index contributed by atoms with van der Waals surface area (Å²) in [6, 6.07) is 17.8. The van der Waals surface area contributed by atoms with E-state index in [2.05, 4.69) is 10.3 Å². The summed E-state index contributed by atoms with van der Waals surface area (Å²) in [5, 5.41) is 3.30. The minimum Gasteiger partial charge on any atom is -0.436 e. The molecular formula is C20H12ClFN2O2. The van der Waals surface area contributed by atoms with Crippen LogP contribution in [0.1, 0.15) is 10.4 Å². The van der Waals surface area contributed by atoms with Crippen LogP contribution >= 0.6 is 11.6 Å². The van der Waals surface area contributed by atoms with Crippen molar-refractivity contribution in [1.29, 1.82) is 0 Å². The molecular weight excluding hydrogens is 355 g/mol. The Morgan fingerprint density at radius 1 is 1.04 bits per heavy atom. The fourth-order valence-electron chi connectivity index (χ4n) is 2.55. The molecule has 0 atom stereocenters. The summed E-state index contributed by atoms with van der Waals surface area (Å²) in [6.07, 6.45) is 0. The van der Waals surface area contributed by atoms with Crippen LogP contribution in [0, 0.1) is 5.82 Å². The molecule has 1 amide bonds. The second-order valence-corrected chi connectivity index (χ2v) is 6.11. The molecule has 0 bridgehead atoms. The Kier molecular flexibility index (Phi) is 4.14. The van der Waals surface area contributed by atoms with Crippen LogP contribution in [0.25, 0.3) is 22.6 Å². The summed E-state index contributed by atoms with van der Waals surface area (Å²) in [6.45, 7) is 0. The molecule has 128 valence electrons. The zero-order chi connectivity index (χ0) is 18.1. The minimum atomic E-state index is -0.323. The summed E-state index contributed by atoms with van der Waals surface area (Å²) < 4.78 is 18.7. The van der Waals surface area contributed by atoms with E-state index >= 15 is 0 Å². The largest absolute Gasteiger partial charge is 0.436 e. The third kappa shape index (κ3) is 3.30. The predicted octanol–water partition coefficient (Wildman–Crippen LogP) is 5.54. The first kappa shape index (κ1) is 16.3. The van der Waals surface area contributed by atoms with Crippen molar-refractivity contribution in [2.24, 2.45) is 0 Å². The summed E-state index contributed by atoms with van der Waals surface area (Å²) in [5.74, 6) is -0.205. The summed E-state index contributed by atoms with van der Waals surface area (Å²) >= 11 is 5.91. The van der Waals surface area contributed by atoms with Gasteiger partial charge in [-0.2, -0.15) is 0 Å². The van der Waals surface area contributed by atoms with Crippen molar-refractivity contribution in [3.05, 3.63) is 83.1 Å². The minimum absolute atomic E-state index is 0.269. The molecule has 4 nitrogen and oxygen atoms in total. The molecule has 4 rings (SSSR count). The number of rotatable bonds is 3. The van der Waals surface area contributed by atoms with Gasteiger partial charge in [0.1, 0.15) is 11.3 Å². The molecule has 0 radical (unpaired) electrons. The number of halogens is 2. The Bertz CT molecular complexity index is 1110. The molecule has 1 N–H and O–H groups in total. The SMILES string of the molecule is O=C(Nc1ccc2oc(-c3ccc(F)cc3)nc2c1)c1cccc(Cl)c1. The molecule has 26 heavy (non-hydrogen) atoms. The number of amides is 1. The standard InChI is InChI=1S/C20H12ClFN2O2/c21-14-3-1-2-13(10-14)19(25)23-16-8-9-18-17(11-16)24-20(26-18)12-4-6-15(22)7-5-12/h1-11H,(H,23,25). The van der Waals surface area contributed by atoms with Crippen molar-refractivity contribution >= 4 is 34.3 Å². The number of carbonyl (C=O) groups is 1. The van der Waals surface area contributed by atoms with Gasteiger partial charge in [0.05, 0.1) is 0 Å². The zero-order valence-electron chi connectivity index (χ0n) is 13.4. The van der Waals surface area contributed by atoms with Gasteiger partial charge in [-0.1, -0.05) is 17.7 Å². The zero-order valence-corrected chi connectivity index (χ0v) is 14.1. The first-order chi connectivity index (χ1) is 12.6. The molecule has 0 unspecified atom stereocenters. The van der Waals surface area contributed by atoms with Crippen molar-refractivity contribution in [3.8, 4) is 11.5 Å². The molecule has 6 heteroatoms. The van der Waals surface area contributed by atoms with Gasteiger partial charge in [0.2, 0.25) is 5.89 Å². The molecule has 0 aliphatic rings. The van der Waals surface area contributed by atoms with Gasteiger partial charge in [-0.3, -0.25) is 4.79 Å². The van der Waals surface area contributed by atoms with Gasteiger partial charge in [0.15, 0.2) is 5.58 Å². The fraction of sp³-hybridized carbons (Fsp3) is 0. The smallest absolute Gasteiger partial charge is 0.255 e. The van der Waals surface area contributed by atoms with E-state index in [0.29, 0.717) is 38.8 Å². The van der Waals surface area contributed by atoms with Crippen LogP contribution in [0.3, 0.4) is 0 Å². The van der Waals surface area contributed by atoms with Gasteiger partial charge in [-0.05, 0) is 60.7 Å². The number of nitrogens with one attached hydrogen (secondary N) is 1. The van der Waals surface area contributed by atoms with Crippen LogP contribution in [0.2, 0.25) is 5.02 Å². The Morgan fingerprint density at radius 3 is 2.62 bits per heavy atom. The highest BCUT2D eigenvalue weighted by atomic mass is 35.5. The number of anilines is 1. The van der Waals surface area contributed by atoms with Gasteiger partial charge in [-0.25, -0.2) is 9.37 Å². The first-order valence-electron chi connectivity index (χ1n) is 7.82. The Hall–Kier alpha value is -3.18. The Labute approximate surface area is 153 Å². The van der Waals surface area contributed by atoms with E-state index in [-0.39, 0.29) is 11.7 Å². The lowest BCUT2D eigenvalue weighted by molar-refractivity contribution is 0.102. The second kappa shape index (κ2) is 6.61.